The topological polar surface area (TPSA) is 50.4 Å². The zero-order valence-corrected chi connectivity index (χ0v) is 15.8. The molecular formula is C21H32N2O2. The molecule has 1 saturated carbocycles. The third-order valence-electron chi connectivity index (χ3n) is 5.32. The Morgan fingerprint density at radius 3 is 2.40 bits per heavy atom. The summed E-state index contributed by atoms with van der Waals surface area (Å²) in [5.74, 6) is 0.491. The van der Waals surface area contributed by atoms with Gasteiger partial charge in [-0.2, -0.15) is 0 Å². The van der Waals surface area contributed by atoms with Crippen LogP contribution in [0.2, 0.25) is 0 Å². The molecule has 4 nitrogen and oxygen atoms in total. The number of amides is 1. The highest BCUT2D eigenvalue weighted by Gasteiger charge is 2.30. The molecule has 138 valence electrons. The summed E-state index contributed by atoms with van der Waals surface area (Å²) in [5.41, 5.74) is 2.53. The molecule has 1 amide bonds. The molecule has 1 aromatic rings. The average Bonchev–Trinajstić information content (AvgIpc) is 2.94. The zero-order chi connectivity index (χ0) is 17.9. The number of ether oxygens (including phenoxy) is 1. The van der Waals surface area contributed by atoms with Crippen LogP contribution >= 0.6 is 0 Å². The van der Waals surface area contributed by atoms with Crippen LogP contribution in [0.4, 0.5) is 4.79 Å². The lowest BCUT2D eigenvalue weighted by molar-refractivity contribution is 0.0510. The molecular weight excluding hydrogens is 312 g/mol. The fourth-order valence-corrected chi connectivity index (χ4v) is 4.18. The van der Waals surface area contributed by atoms with E-state index in [4.69, 9.17) is 4.74 Å². The highest BCUT2D eigenvalue weighted by Crippen LogP contribution is 2.27. The van der Waals surface area contributed by atoms with Crippen molar-refractivity contribution in [2.75, 3.05) is 6.54 Å². The van der Waals surface area contributed by atoms with Crippen molar-refractivity contribution in [2.24, 2.45) is 5.92 Å². The molecule has 4 heteroatoms. The maximum atomic E-state index is 11.9. The van der Waals surface area contributed by atoms with E-state index in [0.29, 0.717) is 24.5 Å². The molecule has 3 rings (SSSR count). The lowest BCUT2D eigenvalue weighted by Gasteiger charge is -2.34. The average molecular weight is 344 g/mol. The van der Waals surface area contributed by atoms with Crippen molar-refractivity contribution in [1.82, 2.24) is 10.6 Å². The molecule has 1 aromatic carbocycles. The summed E-state index contributed by atoms with van der Waals surface area (Å²) in [6.45, 7) is 6.40. The van der Waals surface area contributed by atoms with E-state index in [1.54, 1.807) is 0 Å². The van der Waals surface area contributed by atoms with E-state index in [1.165, 1.54) is 36.8 Å². The Labute approximate surface area is 151 Å². The second-order valence-electron chi connectivity index (χ2n) is 8.57. The van der Waals surface area contributed by atoms with E-state index >= 15 is 0 Å². The number of nitrogens with one attached hydrogen (secondary N) is 2. The van der Waals surface area contributed by atoms with E-state index in [1.807, 2.05) is 20.8 Å². The minimum absolute atomic E-state index is 0.301. The van der Waals surface area contributed by atoms with Crippen LogP contribution in [-0.2, 0) is 17.6 Å². The van der Waals surface area contributed by atoms with Gasteiger partial charge in [0.25, 0.3) is 0 Å². The molecule has 0 aromatic heterocycles. The first-order valence-corrected chi connectivity index (χ1v) is 9.70. The number of fused-ring (bicyclic) bond motifs is 1. The molecule has 2 atom stereocenters. The van der Waals surface area contributed by atoms with Gasteiger partial charge in [-0.1, -0.05) is 37.1 Å². The van der Waals surface area contributed by atoms with Gasteiger partial charge >= 0.3 is 6.09 Å². The summed E-state index contributed by atoms with van der Waals surface area (Å²) in [7, 11) is 0. The van der Waals surface area contributed by atoms with Gasteiger partial charge in [0.2, 0.25) is 0 Å². The molecule has 0 saturated heterocycles. The van der Waals surface area contributed by atoms with Gasteiger partial charge in [-0.25, -0.2) is 4.79 Å². The fourth-order valence-electron chi connectivity index (χ4n) is 4.18. The molecule has 2 aliphatic carbocycles. The third kappa shape index (κ3) is 5.21. The number of rotatable bonds is 4. The predicted molar refractivity (Wildman–Crippen MR) is 101 cm³/mol. The third-order valence-corrected chi connectivity index (χ3v) is 5.32. The molecule has 25 heavy (non-hydrogen) atoms. The van der Waals surface area contributed by atoms with Crippen LogP contribution in [-0.4, -0.2) is 30.3 Å². The Balaban J connectivity index is 1.51. The summed E-state index contributed by atoms with van der Waals surface area (Å²) in [4.78, 5) is 11.9. The monoisotopic (exact) mass is 344 g/mol. The van der Waals surface area contributed by atoms with Gasteiger partial charge in [0.1, 0.15) is 5.60 Å². The van der Waals surface area contributed by atoms with E-state index in [-0.39, 0.29) is 6.09 Å². The molecule has 1 fully saturated rings. The Kier molecular flexibility index (Phi) is 5.67. The van der Waals surface area contributed by atoms with Crippen LogP contribution in [0.1, 0.15) is 57.6 Å². The minimum Gasteiger partial charge on any atom is -0.444 e. The molecule has 0 bridgehead atoms. The largest absolute Gasteiger partial charge is 0.444 e. The first kappa shape index (κ1) is 18.2. The van der Waals surface area contributed by atoms with E-state index in [2.05, 4.69) is 34.9 Å². The summed E-state index contributed by atoms with van der Waals surface area (Å²) in [6, 6.07) is 9.79. The Morgan fingerprint density at radius 2 is 1.76 bits per heavy atom. The lowest BCUT2D eigenvalue weighted by Crippen LogP contribution is -2.48. The molecule has 2 aliphatic rings. The first-order valence-electron chi connectivity index (χ1n) is 9.70. The van der Waals surface area contributed by atoms with Crippen molar-refractivity contribution in [3.63, 3.8) is 0 Å². The normalized spacial score (nSPS) is 24.0. The smallest absolute Gasteiger partial charge is 0.407 e. The van der Waals surface area contributed by atoms with Crippen molar-refractivity contribution in [3.05, 3.63) is 35.4 Å². The van der Waals surface area contributed by atoms with Crippen LogP contribution in [0, 0.1) is 5.92 Å². The van der Waals surface area contributed by atoms with Crippen molar-refractivity contribution in [1.29, 1.82) is 0 Å². The van der Waals surface area contributed by atoms with Gasteiger partial charge in [0.15, 0.2) is 0 Å². The van der Waals surface area contributed by atoms with Gasteiger partial charge < -0.3 is 15.4 Å². The molecule has 0 aliphatic heterocycles. The quantitative estimate of drug-likeness (QED) is 0.873. The van der Waals surface area contributed by atoms with Gasteiger partial charge in [-0.05, 0) is 63.5 Å². The fraction of sp³-hybridized carbons (Fsp3) is 0.667. The van der Waals surface area contributed by atoms with E-state index < -0.39 is 5.60 Å². The van der Waals surface area contributed by atoms with E-state index in [0.717, 1.165) is 12.8 Å². The first-order chi connectivity index (χ1) is 11.9. The number of carbonyl (C=O) groups excluding carboxylic acids is 1. The zero-order valence-electron chi connectivity index (χ0n) is 15.8. The van der Waals surface area contributed by atoms with Crippen LogP contribution in [0.5, 0.6) is 0 Å². The standard InChI is InChI=1S/C21H32N2O2/c1-21(2,3)25-20(24)22-14-17-10-6-7-11-19(17)23-18-12-15-8-4-5-9-16(15)13-18/h4-5,8-9,17-19,23H,6-7,10-14H2,1-3H3,(H,22,24). The highest BCUT2D eigenvalue weighted by atomic mass is 16.6. The minimum atomic E-state index is -0.441. The van der Waals surface area contributed by atoms with Crippen LogP contribution in [0.3, 0.4) is 0 Å². The molecule has 2 N–H and O–H groups in total. The Hall–Kier alpha value is -1.55. The van der Waals surface area contributed by atoms with Gasteiger partial charge in [-0.15, -0.1) is 0 Å². The molecule has 0 radical (unpaired) electrons. The van der Waals surface area contributed by atoms with Crippen molar-refractivity contribution >= 4 is 6.09 Å². The van der Waals surface area contributed by atoms with Gasteiger partial charge in [0, 0.05) is 18.6 Å². The number of benzene rings is 1. The maximum absolute atomic E-state index is 11.9. The number of alkyl carbamates (subject to hydrolysis) is 1. The second kappa shape index (κ2) is 7.77. The van der Waals surface area contributed by atoms with Crippen molar-refractivity contribution in [2.45, 2.75) is 77.0 Å². The number of hydrogen-bond acceptors (Lipinski definition) is 3. The highest BCUT2D eigenvalue weighted by molar-refractivity contribution is 5.67. The van der Waals surface area contributed by atoms with Crippen molar-refractivity contribution in [3.8, 4) is 0 Å². The lowest BCUT2D eigenvalue weighted by atomic mass is 9.84. The predicted octanol–water partition coefficient (Wildman–Crippen LogP) is 3.83. The summed E-state index contributed by atoms with van der Waals surface area (Å²) in [5, 5.41) is 6.87. The van der Waals surface area contributed by atoms with Crippen molar-refractivity contribution < 1.29 is 9.53 Å². The molecule has 0 spiro atoms. The summed E-state index contributed by atoms with van der Waals surface area (Å²) >= 11 is 0. The van der Waals surface area contributed by atoms with Crippen LogP contribution in [0.25, 0.3) is 0 Å². The Bertz CT molecular complexity index is 569. The number of hydrogen-bond donors (Lipinski definition) is 2. The molecule has 0 heterocycles. The second-order valence-corrected chi connectivity index (χ2v) is 8.57. The van der Waals surface area contributed by atoms with E-state index in [9.17, 15) is 4.79 Å². The number of carbonyl (C=O) groups is 1. The summed E-state index contributed by atoms with van der Waals surface area (Å²) < 4.78 is 5.37. The van der Waals surface area contributed by atoms with Gasteiger partial charge in [-0.3, -0.25) is 0 Å². The maximum Gasteiger partial charge on any atom is 0.407 e. The molecule has 2 unspecified atom stereocenters. The Morgan fingerprint density at radius 1 is 1.12 bits per heavy atom. The summed E-state index contributed by atoms with van der Waals surface area (Å²) in [6.07, 6.45) is 6.85. The SMILES string of the molecule is CC(C)(C)OC(=O)NCC1CCCCC1NC1Cc2ccccc2C1. The van der Waals surface area contributed by atoms with Gasteiger partial charge in [0.05, 0.1) is 0 Å². The van der Waals surface area contributed by atoms with Crippen LogP contribution < -0.4 is 10.6 Å². The van der Waals surface area contributed by atoms with Crippen LogP contribution in [0.15, 0.2) is 24.3 Å².